The van der Waals surface area contributed by atoms with Gasteiger partial charge in [-0.3, -0.25) is 5.10 Å². The number of rotatable bonds is 5. The van der Waals surface area contributed by atoms with Crippen LogP contribution in [0.5, 0.6) is 5.75 Å². The summed E-state index contributed by atoms with van der Waals surface area (Å²) < 4.78 is 5.58. The highest BCUT2D eigenvalue weighted by molar-refractivity contribution is 6.32. The van der Waals surface area contributed by atoms with Crippen LogP contribution in [0.4, 0.5) is 0 Å². The van der Waals surface area contributed by atoms with Gasteiger partial charge in [-0.15, -0.1) is 0 Å². The molecule has 4 nitrogen and oxygen atoms in total. The summed E-state index contributed by atoms with van der Waals surface area (Å²) in [4.78, 5) is 4.36. The van der Waals surface area contributed by atoms with Gasteiger partial charge in [-0.2, -0.15) is 5.10 Å². The Balaban J connectivity index is 1.94. The zero-order chi connectivity index (χ0) is 13.0. The van der Waals surface area contributed by atoms with Gasteiger partial charge in [0.1, 0.15) is 12.4 Å². The van der Waals surface area contributed by atoms with E-state index in [1.807, 2.05) is 18.2 Å². The minimum absolute atomic E-state index is 0.342. The Hall–Kier alpha value is -1.55. The Labute approximate surface area is 111 Å². The molecule has 0 spiro atoms. The van der Waals surface area contributed by atoms with Crippen molar-refractivity contribution in [1.82, 2.24) is 15.2 Å². The van der Waals surface area contributed by atoms with E-state index in [1.165, 1.54) is 0 Å². The Bertz CT molecular complexity index is 510. The fourth-order valence-electron chi connectivity index (χ4n) is 1.56. The summed E-state index contributed by atoms with van der Waals surface area (Å²) >= 11 is 5.99. The van der Waals surface area contributed by atoms with Crippen molar-refractivity contribution in [3.05, 3.63) is 40.9 Å². The molecule has 0 saturated carbocycles. The lowest BCUT2D eigenvalue weighted by Gasteiger charge is -2.05. The zero-order valence-electron chi connectivity index (χ0n) is 10.5. The first-order chi connectivity index (χ1) is 8.65. The van der Waals surface area contributed by atoms with E-state index in [1.54, 1.807) is 6.07 Å². The third-order valence-corrected chi connectivity index (χ3v) is 2.68. The molecule has 0 atom stereocenters. The molecule has 0 fully saturated rings. The highest BCUT2D eigenvalue weighted by Gasteiger charge is 2.07. The molecule has 18 heavy (non-hydrogen) atoms. The molecule has 0 aliphatic carbocycles. The van der Waals surface area contributed by atoms with Crippen molar-refractivity contribution < 1.29 is 4.74 Å². The molecule has 5 heteroatoms. The van der Waals surface area contributed by atoms with Gasteiger partial charge in [0.25, 0.3) is 0 Å². The van der Waals surface area contributed by atoms with Crippen molar-refractivity contribution in [2.45, 2.75) is 26.9 Å². The molecule has 96 valence electrons. The molecular weight excluding hydrogens is 250 g/mol. The Morgan fingerprint density at radius 2 is 2.11 bits per heavy atom. The lowest BCUT2D eigenvalue weighted by molar-refractivity contribution is 0.296. The predicted molar refractivity (Wildman–Crippen MR) is 70.7 cm³/mol. The molecule has 1 aromatic heterocycles. The summed E-state index contributed by atoms with van der Waals surface area (Å²) in [5.74, 6) is 2.73. The predicted octanol–water partition coefficient (Wildman–Crippen LogP) is 3.24. The van der Waals surface area contributed by atoms with Crippen molar-refractivity contribution in [2.75, 3.05) is 0 Å². The van der Waals surface area contributed by atoms with Crippen LogP contribution in [0.15, 0.2) is 24.3 Å². The zero-order valence-corrected chi connectivity index (χ0v) is 11.2. The molecular formula is C13H16ClN3O. The molecule has 0 saturated heterocycles. The second-order valence-corrected chi connectivity index (χ2v) is 4.92. The molecule has 0 amide bonds. The van der Waals surface area contributed by atoms with Gasteiger partial charge >= 0.3 is 0 Å². The number of aromatic nitrogens is 3. The van der Waals surface area contributed by atoms with Gasteiger partial charge < -0.3 is 4.74 Å². The van der Waals surface area contributed by atoms with Crippen molar-refractivity contribution >= 4 is 11.6 Å². The van der Waals surface area contributed by atoms with Gasteiger partial charge in [0, 0.05) is 6.42 Å². The summed E-state index contributed by atoms with van der Waals surface area (Å²) in [5, 5.41) is 7.61. The quantitative estimate of drug-likeness (QED) is 0.903. The van der Waals surface area contributed by atoms with Gasteiger partial charge in [0.15, 0.2) is 11.6 Å². The molecule has 0 aliphatic rings. The summed E-state index contributed by atoms with van der Waals surface area (Å²) in [6.45, 7) is 4.61. The van der Waals surface area contributed by atoms with E-state index in [-0.39, 0.29) is 0 Å². The van der Waals surface area contributed by atoms with Crippen LogP contribution in [0.25, 0.3) is 0 Å². The van der Waals surface area contributed by atoms with Gasteiger partial charge in [0.2, 0.25) is 0 Å². The van der Waals surface area contributed by atoms with Crippen LogP contribution in [0.3, 0.4) is 0 Å². The molecule has 1 heterocycles. The molecule has 0 radical (unpaired) electrons. The number of halogens is 1. The number of aromatic amines is 1. The van der Waals surface area contributed by atoms with Crippen molar-refractivity contribution in [1.29, 1.82) is 0 Å². The summed E-state index contributed by atoms with van der Waals surface area (Å²) in [5.41, 5.74) is 0. The molecule has 2 rings (SSSR count). The lowest BCUT2D eigenvalue weighted by Crippen LogP contribution is -1.99. The van der Waals surface area contributed by atoms with E-state index in [4.69, 9.17) is 16.3 Å². The van der Waals surface area contributed by atoms with Crippen LogP contribution in [-0.2, 0) is 13.0 Å². The summed E-state index contributed by atoms with van der Waals surface area (Å²) in [7, 11) is 0. The van der Waals surface area contributed by atoms with Gasteiger partial charge in [-0.1, -0.05) is 37.6 Å². The normalized spacial score (nSPS) is 10.9. The van der Waals surface area contributed by atoms with E-state index in [2.05, 4.69) is 29.0 Å². The van der Waals surface area contributed by atoms with E-state index in [0.717, 1.165) is 12.2 Å². The van der Waals surface area contributed by atoms with Gasteiger partial charge in [-0.25, -0.2) is 4.98 Å². The summed E-state index contributed by atoms with van der Waals surface area (Å²) in [6, 6.07) is 7.37. The maximum absolute atomic E-state index is 5.99. The average Bonchev–Trinajstić information content (AvgIpc) is 2.75. The third kappa shape index (κ3) is 3.47. The molecule has 0 unspecified atom stereocenters. The molecule has 1 N–H and O–H groups in total. The second kappa shape index (κ2) is 5.87. The highest BCUT2D eigenvalue weighted by atomic mass is 35.5. The number of para-hydroxylation sites is 1. The van der Waals surface area contributed by atoms with Crippen molar-refractivity contribution in [3.8, 4) is 5.75 Å². The van der Waals surface area contributed by atoms with Crippen LogP contribution in [0.2, 0.25) is 5.02 Å². The average molecular weight is 266 g/mol. The second-order valence-electron chi connectivity index (χ2n) is 4.52. The minimum atomic E-state index is 0.342. The largest absolute Gasteiger partial charge is 0.484 e. The van der Waals surface area contributed by atoms with Crippen LogP contribution in [0.1, 0.15) is 25.5 Å². The fraction of sp³-hybridized carbons (Fsp3) is 0.385. The van der Waals surface area contributed by atoms with Crippen molar-refractivity contribution in [3.63, 3.8) is 0 Å². The highest BCUT2D eigenvalue weighted by Crippen LogP contribution is 2.23. The monoisotopic (exact) mass is 265 g/mol. The molecule has 0 aliphatic heterocycles. The van der Waals surface area contributed by atoms with Crippen LogP contribution in [0, 0.1) is 5.92 Å². The fourth-order valence-corrected chi connectivity index (χ4v) is 1.75. The first kappa shape index (κ1) is 12.9. The van der Waals surface area contributed by atoms with E-state index in [0.29, 0.717) is 29.1 Å². The maximum atomic E-state index is 5.99. The third-order valence-electron chi connectivity index (χ3n) is 2.37. The number of ether oxygens (including phenoxy) is 1. The van der Waals surface area contributed by atoms with Gasteiger partial charge in [0.05, 0.1) is 5.02 Å². The minimum Gasteiger partial charge on any atom is -0.484 e. The maximum Gasteiger partial charge on any atom is 0.162 e. The first-order valence-electron chi connectivity index (χ1n) is 5.92. The Morgan fingerprint density at radius 3 is 2.83 bits per heavy atom. The number of nitrogens with zero attached hydrogens (tertiary/aromatic N) is 2. The summed E-state index contributed by atoms with van der Waals surface area (Å²) in [6.07, 6.45) is 0.864. The van der Waals surface area contributed by atoms with E-state index in [9.17, 15) is 0 Å². The van der Waals surface area contributed by atoms with Gasteiger partial charge in [-0.05, 0) is 18.1 Å². The van der Waals surface area contributed by atoms with Crippen molar-refractivity contribution in [2.24, 2.45) is 5.92 Å². The smallest absolute Gasteiger partial charge is 0.162 e. The molecule has 0 bridgehead atoms. The topological polar surface area (TPSA) is 50.8 Å². The van der Waals surface area contributed by atoms with Crippen LogP contribution >= 0.6 is 11.6 Å². The van der Waals surface area contributed by atoms with Crippen LogP contribution < -0.4 is 4.74 Å². The number of benzene rings is 1. The number of hydrogen-bond donors (Lipinski definition) is 1. The van der Waals surface area contributed by atoms with E-state index >= 15 is 0 Å². The Morgan fingerprint density at radius 1 is 1.33 bits per heavy atom. The molecule has 1 aromatic carbocycles. The standard InChI is InChI=1S/C13H16ClN3O/c1-9(2)7-12-15-13(17-16-12)8-18-11-6-4-3-5-10(11)14/h3-6,9H,7-8H2,1-2H3,(H,15,16,17). The molecule has 2 aromatic rings. The number of H-pyrrole nitrogens is 1. The Kier molecular flexibility index (Phi) is 4.20. The first-order valence-corrected chi connectivity index (χ1v) is 6.30. The SMILES string of the molecule is CC(C)Cc1n[nH]c(COc2ccccc2Cl)n1. The lowest BCUT2D eigenvalue weighted by atomic mass is 10.1. The van der Waals surface area contributed by atoms with E-state index < -0.39 is 0 Å². The number of nitrogens with one attached hydrogen (secondary N) is 1. The number of hydrogen-bond acceptors (Lipinski definition) is 3. The van der Waals surface area contributed by atoms with Crippen LogP contribution in [-0.4, -0.2) is 15.2 Å².